The molecule has 0 aliphatic heterocycles. The van der Waals surface area contributed by atoms with Gasteiger partial charge in [0.25, 0.3) is 11.8 Å². The smallest absolute Gasteiger partial charge is 0.408 e. The van der Waals surface area contributed by atoms with E-state index in [-0.39, 0.29) is 22.0 Å². The van der Waals surface area contributed by atoms with Crippen molar-refractivity contribution < 1.29 is 29.0 Å². The Morgan fingerprint density at radius 2 is 1.81 bits per heavy atom. The highest BCUT2D eigenvalue weighted by Gasteiger charge is 2.38. The van der Waals surface area contributed by atoms with Crippen LogP contribution in [-0.4, -0.2) is 45.5 Å². The predicted octanol–water partition coefficient (Wildman–Crippen LogP) is 3.22. The lowest BCUT2D eigenvalue weighted by molar-refractivity contribution is -0.138. The molecule has 0 bridgehead atoms. The van der Waals surface area contributed by atoms with Crippen LogP contribution in [0.5, 0.6) is 5.75 Å². The molecule has 5 N–H and O–H groups in total. The zero-order chi connectivity index (χ0) is 27.9. The minimum atomic E-state index is -1.58. The molecule has 0 saturated carbocycles. The van der Waals surface area contributed by atoms with Gasteiger partial charge in [0.15, 0.2) is 6.04 Å². The molecule has 0 heterocycles. The number of carbonyl (C=O) groups excluding carboxylic acids is 4. The molecule has 0 saturated heterocycles. The Morgan fingerprint density at radius 1 is 1.16 bits per heavy atom. The minimum absolute atomic E-state index is 0.00824. The molecule has 4 amide bonds. The van der Waals surface area contributed by atoms with Crippen molar-refractivity contribution in [1.29, 1.82) is 0 Å². The standard InChI is InChI=1S/C26H29ClN4O6/c1-6-31(24(35)18(14-20(28)33)29-25(36)37-26(3,4)5)22(16-11-7-8-13-19(16)32)23(34)30-21-15(2)10-9-12-17(21)27/h1,7-13,18,22,32H,14H2,2-5H3,(H2,28,33)(H,29,36)(H,30,34). The molecule has 0 fully saturated rings. The number of ether oxygens (including phenoxy) is 1. The fraction of sp³-hybridized carbons (Fsp3) is 0.308. The molecule has 0 aromatic heterocycles. The number of amides is 4. The maximum atomic E-state index is 13.6. The van der Waals surface area contributed by atoms with Crippen molar-refractivity contribution in [3.63, 3.8) is 0 Å². The summed E-state index contributed by atoms with van der Waals surface area (Å²) in [5, 5.41) is 15.7. The molecule has 37 heavy (non-hydrogen) atoms. The number of alkyl carbamates (subject to hydrolysis) is 1. The zero-order valence-corrected chi connectivity index (χ0v) is 21.6. The van der Waals surface area contributed by atoms with E-state index in [1.165, 1.54) is 24.3 Å². The van der Waals surface area contributed by atoms with E-state index in [4.69, 9.17) is 28.5 Å². The van der Waals surface area contributed by atoms with Crippen LogP contribution in [0.4, 0.5) is 10.5 Å². The highest BCUT2D eigenvalue weighted by molar-refractivity contribution is 6.34. The Morgan fingerprint density at radius 3 is 2.35 bits per heavy atom. The number of rotatable bonds is 8. The second-order valence-corrected chi connectivity index (χ2v) is 9.50. The van der Waals surface area contributed by atoms with Crippen LogP contribution >= 0.6 is 11.6 Å². The molecule has 2 rings (SSSR count). The van der Waals surface area contributed by atoms with Gasteiger partial charge in [0, 0.05) is 11.6 Å². The van der Waals surface area contributed by atoms with Gasteiger partial charge in [-0.15, -0.1) is 0 Å². The summed E-state index contributed by atoms with van der Waals surface area (Å²) in [7, 11) is 0. The van der Waals surface area contributed by atoms with Crippen LogP contribution in [-0.2, 0) is 19.1 Å². The minimum Gasteiger partial charge on any atom is -0.508 e. The molecule has 0 aliphatic carbocycles. The summed E-state index contributed by atoms with van der Waals surface area (Å²) in [6, 6.07) is 9.75. The van der Waals surface area contributed by atoms with Crippen molar-refractivity contribution in [1.82, 2.24) is 10.2 Å². The van der Waals surface area contributed by atoms with E-state index in [9.17, 15) is 24.3 Å². The molecule has 196 valence electrons. The number of phenols is 1. The maximum absolute atomic E-state index is 13.6. The molecule has 0 spiro atoms. The van der Waals surface area contributed by atoms with E-state index < -0.39 is 47.9 Å². The highest BCUT2D eigenvalue weighted by Crippen LogP contribution is 2.32. The van der Waals surface area contributed by atoms with Gasteiger partial charge in [-0.05, 0) is 45.4 Å². The number of carbonyl (C=O) groups is 4. The van der Waals surface area contributed by atoms with Crippen molar-refractivity contribution in [3.8, 4) is 18.2 Å². The van der Waals surface area contributed by atoms with Crippen molar-refractivity contribution in [2.75, 3.05) is 5.32 Å². The number of phenolic OH excluding ortho intramolecular Hbond substituents is 1. The van der Waals surface area contributed by atoms with Crippen LogP contribution in [0.15, 0.2) is 42.5 Å². The molecular weight excluding hydrogens is 500 g/mol. The largest absolute Gasteiger partial charge is 0.508 e. The topological polar surface area (TPSA) is 151 Å². The van der Waals surface area contributed by atoms with Gasteiger partial charge < -0.3 is 26.2 Å². The number of primary amides is 1. The van der Waals surface area contributed by atoms with Crippen molar-refractivity contribution in [3.05, 3.63) is 58.6 Å². The number of para-hydroxylation sites is 2. The number of hydrogen-bond donors (Lipinski definition) is 4. The summed E-state index contributed by atoms with van der Waals surface area (Å²) in [5.74, 6) is -3.05. The lowest BCUT2D eigenvalue weighted by Gasteiger charge is -2.30. The Labute approximate surface area is 220 Å². The van der Waals surface area contributed by atoms with E-state index in [0.717, 1.165) is 0 Å². The van der Waals surface area contributed by atoms with Crippen molar-refractivity contribution in [2.24, 2.45) is 5.73 Å². The second-order valence-electron chi connectivity index (χ2n) is 9.09. The highest BCUT2D eigenvalue weighted by atomic mass is 35.5. The Kier molecular flexibility index (Phi) is 9.52. The Balaban J connectivity index is 2.53. The first kappa shape index (κ1) is 29.0. The summed E-state index contributed by atoms with van der Waals surface area (Å²) >= 11 is 6.25. The summed E-state index contributed by atoms with van der Waals surface area (Å²) < 4.78 is 5.17. The quantitative estimate of drug-likeness (QED) is 0.305. The lowest BCUT2D eigenvalue weighted by Crippen LogP contribution is -2.52. The van der Waals surface area contributed by atoms with Crippen LogP contribution in [0.25, 0.3) is 0 Å². The maximum Gasteiger partial charge on any atom is 0.408 e. The van der Waals surface area contributed by atoms with Gasteiger partial charge in [0.2, 0.25) is 5.91 Å². The fourth-order valence-corrected chi connectivity index (χ4v) is 3.65. The summed E-state index contributed by atoms with van der Waals surface area (Å²) in [6.07, 6.45) is 4.03. The molecule has 10 nitrogen and oxygen atoms in total. The van der Waals surface area contributed by atoms with Crippen LogP contribution in [0, 0.1) is 19.4 Å². The third-order valence-electron chi connectivity index (χ3n) is 4.98. The molecule has 0 aliphatic rings. The second kappa shape index (κ2) is 12.1. The molecule has 2 aromatic carbocycles. The lowest BCUT2D eigenvalue weighted by atomic mass is 10.0. The number of anilines is 1. The Bertz CT molecular complexity index is 1210. The van der Waals surface area contributed by atoms with Crippen LogP contribution < -0.4 is 16.4 Å². The average molecular weight is 529 g/mol. The number of nitrogens with one attached hydrogen (secondary N) is 2. The van der Waals surface area contributed by atoms with Crippen molar-refractivity contribution >= 4 is 41.1 Å². The van der Waals surface area contributed by atoms with E-state index >= 15 is 0 Å². The molecular formula is C26H29ClN4O6. The summed E-state index contributed by atoms with van der Waals surface area (Å²) in [5.41, 5.74) is 5.30. The van der Waals surface area contributed by atoms with Crippen LogP contribution in [0.3, 0.4) is 0 Å². The number of nitrogens with zero attached hydrogens (tertiary/aromatic N) is 1. The van der Waals surface area contributed by atoms with Gasteiger partial charge in [-0.25, -0.2) is 4.79 Å². The number of nitrogens with two attached hydrogens (primary N) is 1. The molecule has 0 radical (unpaired) electrons. The fourth-order valence-electron chi connectivity index (χ4n) is 3.38. The number of hydrogen-bond acceptors (Lipinski definition) is 6. The van der Waals surface area contributed by atoms with Gasteiger partial charge >= 0.3 is 6.09 Å². The first-order chi connectivity index (χ1) is 17.2. The zero-order valence-electron chi connectivity index (χ0n) is 20.9. The van der Waals surface area contributed by atoms with Crippen LogP contribution in [0.2, 0.25) is 5.02 Å². The number of benzene rings is 2. The van der Waals surface area contributed by atoms with E-state index in [1.807, 2.05) is 0 Å². The van der Waals surface area contributed by atoms with E-state index in [0.29, 0.717) is 10.5 Å². The van der Waals surface area contributed by atoms with E-state index in [1.54, 1.807) is 45.9 Å². The number of halogens is 1. The SMILES string of the molecule is C#CN(C(=O)C(CC(N)=O)NC(=O)OC(C)(C)C)C(C(=O)Nc1c(C)cccc1Cl)c1ccccc1O. The molecule has 11 heteroatoms. The molecule has 2 atom stereocenters. The van der Waals surface area contributed by atoms with Gasteiger partial charge in [-0.3, -0.25) is 19.3 Å². The van der Waals surface area contributed by atoms with Crippen LogP contribution in [0.1, 0.15) is 44.4 Å². The summed E-state index contributed by atoms with van der Waals surface area (Å²) in [6.45, 7) is 6.55. The van der Waals surface area contributed by atoms with Crippen molar-refractivity contribution in [2.45, 2.75) is 51.8 Å². The third-order valence-corrected chi connectivity index (χ3v) is 5.29. The first-order valence-electron chi connectivity index (χ1n) is 11.2. The van der Waals surface area contributed by atoms with Gasteiger partial charge in [-0.2, -0.15) is 0 Å². The average Bonchev–Trinajstić information content (AvgIpc) is 2.78. The normalized spacial score (nSPS) is 12.4. The molecule has 2 aromatic rings. The van der Waals surface area contributed by atoms with Gasteiger partial charge in [-0.1, -0.05) is 48.4 Å². The Hall–Kier alpha value is -4.23. The van der Waals surface area contributed by atoms with E-state index in [2.05, 4.69) is 16.7 Å². The molecule has 2 unspecified atom stereocenters. The first-order valence-corrected chi connectivity index (χ1v) is 11.5. The number of terminal acetylenes is 1. The monoisotopic (exact) mass is 528 g/mol. The van der Waals surface area contributed by atoms with Gasteiger partial charge in [0.05, 0.1) is 17.1 Å². The van der Waals surface area contributed by atoms with Gasteiger partial charge in [0.1, 0.15) is 17.4 Å². The summed E-state index contributed by atoms with van der Waals surface area (Å²) in [4.78, 5) is 51.8. The predicted molar refractivity (Wildman–Crippen MR) is 138 cm³/mol. The third kappa shape index (κ3) is 7.88. The number of aromatic hydroxyl groups is 1. The number of aryl methyl sites for hydroxylation is 1.